The maximum atomic E-state index is 8.67. The summed E-state index contributed by atoms with van der Waals surface area (Å²) in [6, 6.07) is 5.54. The van der Waals surface area contributed by atoms with Gasteiger partial charge in [-0.05, 0) is 12.1 Å². The molecule has 6 heteroatoms. The molecule has 0 aliphatic carbocycles. The lowest BCUT2D eigenvalue weighted by atomic mass is 10.3. The molecular weight excluding hydrogens is 230 g/mol. The molecule has 0 unspecified atom stereocenters. The van der Waals surface area contributed by atoms with Crippen LogP contribution in [0.3, 0.4) is 0 Å². The molecule has 1 aromatic rings. The van der Waals surface area contributed by atoms with E-state index in [0.29, 0.717) is 5.69 Å². The molecule has 0 atom stereocenters. The van der Waals surface area contributed by atoms with Gasteiger partial charge in [-0.1, -0.05) is 0 Å². The summed E-state index contributed by atoms with van der Waals surface area (Å²) in [5.74, 6) is 0.848. The van der Waals surface area contributed by atoms with Crippen LogP contribution >= 0.6 is 0 Å². The van der Waals surface area contributed by atoms with Crippen LogP contribution in [0.15, 0.2) is 12.1 Å². The maximum Gasteiger partial charge on any atom is 0.163 e. The van der Waals surface area contributed by atoms with Crippen LogP contribution in [0.2, 0.25) is 0 Å². The Morgan fingerprint density at radius 2 is 2.06 bits per heavy atom. The molecule has 6 nitrogen and oxygen atoms in total. The van der Waals surface area contributed by atoms with Gasteiger partial charge in [0.15, 0.2) is 11.5 Å². The molecule has 0 N–H and O–H groups in total. The van der Waals surface area contributed by atoms with E-state index >= 15 is 0 Å². The first kappa shape index (κ1) is 12.7. The number of aromatic nitrogens is 2. The molecular formula is C12H17N5O. The van der Waals surface area contributed by atoms with Crippen molar-refractivity contribution in [3.63, 3.8) is 0 Å². The Morgan fingerprint density at radius 3 is 2.61 bits per heavy atom. The van der Waals surface area contributed by atoms with Gasteiger partial charge in [0.2, 0.25) is 0 Å². The predicted molar refractivity (Wildman–Crippen MR) is 67.3 cm³/mol. The van der Waals surface area contributed by atoms with E-state index in [9.17, 15) is 0 Å². The summed E-state index contributed by atoms with van der Waals surface area (Å²) in [4.78, 5) is 4.56. The minimum absolute atomic E-state index is 0.359. The fourth-order valence-electron chi connectivity index (χ4n) is 1.97. The zero-order chi connectivity index (χ0) is 12.8. The monoisotopic (exact) mass is 247 g/mol. The Kier molecular flexibility index (Phi) is 4.45. The molecule has 0 saturated carbocycles. The highest BCUT2D eigenvalue weighted by molar-refractivity contribution is 5.39. The molecule has 1 aliphatic rings. The van der Waals surface area contributed by atoms with E-state index in [-0.39, 0.29) is 0 Å². The Balaban J connectivity index is 1.87. The highest BCUT2D eigenvalue weighted by atomic mass is 16.5. The predicted octanol–water partition coefficient (Wildman–Crippen LogP) is 0.117. The SMILES string of the molecule is COCCN1CCN(c2ccc(C#N)nn2)CC1. The Morgan fingerprint density at radius 1 is 1.28 bits per heavy atom. The third-order valence-corrected chi connectivity index (χ3v) is 3.07. The number of hydrogen-bond donors (Lipinski definition) is 0. The second-order valence-corrected chi connectivity index (χ2v) is 4.21. The fourth-order valence-corrected chi connectivity index (χ4v) is 1.97. The minimum atomic E-state index is 0.359. The molecule has 1 fully saturated rings. The van der Waals surface area contributed by atoms with Crippen LogP contribution in [-0.4, -0.2) is 61.5 Å². The van der Waals surface area contributed by atoms with Crippen molar-refractivity contribution in [2.45, 2.75) is 0 Å². The molecule has 0 aromatic carbocycles. The highest BCUT2D eigenvalue weighted by Crippen LogP contribution is 2.12. The molecule has 1 aromatic heterocycles. The number of nitriles is 1. The van der Waals surface area contributed by atoms with E-state index < -0.39 is 0 Å². The van der Waals surface area contributed by atoms with E-state index in [4.69, 9.17) is 10.00 Å². The van der Waals surface area contributed by atoms with Crippen molar-refractivity contribution in [1.82, 2.24) is 15.1 Å². The highest BCUT2D eigenvalue weighted by Gasteiger charge is 2.17. The molecule has 96 valence electrons. The quantitative estimate of drug-likeness (QED) is 0.753. The van der Waals surface area contributed by atoms with Gasteiger partial charge >= 0.3 is 0 Å². The summed E-state index contributed by atoms with van der Waals surface area (Å²) in [6.45, 7) is 5.63. The number of piperazine rings is 1. The summed E-state index contributed by atoms with van der Waals surface area (Å²) in [6.07, 6.45) is 0. The first-order valence-electron chi connectivity index (χ1n) is 6.03. The van der Waals surface area contributed by atoms with Gasteiger partial charge < -0.3 is 9.64 Å². The molecule has 0 bridgehead atoms. The second-order valence-electron chi connectivity index (χ2n) is 4.21. The first-order valence-corrected chi connectivity index (χ1v) is 6.03. The van der Waals surface area contributed by atoms with Gasteiger partial charge in [0.25, 0.3) is 0 Å². The van der Waals surface area contributed by atoms with Gasteiger partial charge in [0.1, 0.15) is 6.07 Å². The summed E-state index contributed by atoms with van der Waals surface area (Å²) >= 11 is 0. The smallest absolute Gasteiger partial charge is 0.163 e. The molecule has 0 radical (unpaired) electrons. The average Bonchev–Trinajstić information content (AvgIpc) is 2.46. The Bertz CT molecular complexity index is 405. The number of rotatable bonds is 4. The van der Waals surface area contributed by atoms with Crippen LogP contribution in [0.5, 0.6) is 0 Å². The van der Waals surface area contributed by atoms with E-state index in [2.05, 4.69) is 20.0 Å². The standard InChI is InChI=1S/C12H17N5O/c1-18-9-8-16-4-6-17(7-5-16)12-3-2-11(10-13)14-15-12/h2-3H,4-9H2,1H3. The first-order chi connectivity index (χ1) is 8.83. The van der Waals surface area contributed by atoms with Crippen molar-refractivity contribution in [2.24, 2.45) is 0 Å². The number of methoxy groups -OCH3 is 1. The van der Waals surface area contributed by atoms with Crippen LogP contribution in [0, 0.1) is 11.3 Å². The topological polar surface area (TPSA) is 65.3 Å². The summed E-state index contributed by atoms with van der Waals surface area (Å²) < 4.78 is 5.07. The van der Waals surface area contributed by atoms with Crippen LogP contribution in [0.1, 0.15) is 5.69 Å². The number of hydrogen-bond acceptors (Lipinski definition) is 6. The summed E-state index contributed by atoms with van der Waals surface area (Å²) in [7, 11) is 1.72. The summed E-state index contributed by atoms with van der Waals surface area (Å²) in [5, 5.41) is 16.6. The van der Waals surface area contributed by atoms with E-state index in [0.717, 1.165) is 45.1 Å². The maximum absolute atomic E-state index is 8.67. The third-order valence-electron chi connectivity index (χ3n) is 3.07. The van der Waals surface area contributed by atoms with E-state index in [1.54, 1.807) is 13.2 Å². The van der Waals surface area contributed by atoms with Crippen molar-refractivity contribution < 1.29 is 4.74 Å². The van der Waals surface area contributed by atoms with Gasteiger partial charge in [-0.3, -0.25) is 4.90 Å². The van der Waals surface area contributed by atoms with Crippen molar-refractivity contribution in [3.05, 3.63) is 17.8 Å². The largest absolute Gasteiger partial charge is 0.383 e. The van der Waals surface area contributed by atoms with Crippen LogP contribution in [0.25, 0.3) is 0 Å². The zero-order valence-electron chi connectivity index (χ0n) is 10.5. The minimum Gasteiger partial charge on any atom is -0.383 e. The lowest BCUT2D eigenvalue weighted by Crippen LogP contribution is -2.47. The number of ether oxygens (including phenoxy) is 1. The third kappa shape index (κ3) is 3.15. The molecule has 1 aliphatic heterocycles. The van der Waals surface area contributed by atoms with Gasteiger partial charge in [-0.25, -0.2) is 0 Å². The van der Waals surface area contributed by atoms with Crippen LogP contribution in [-0.2, 0) is 4.74 Å². The summed E-state index contributed by atoms with van der Waals surface area (Å²) in [5.41, 5.74) is 0.359. The fraction of sp³-hybridized carbons (Fsp3) is 0.583. The molecule has 2 heterocycles. The molecule has 2 rings (SSSR count). The average molecular weight is 247 g/mol. The van der Waals surface area contributed by atoms with Crippen molar-refractivity contribution in [2.75, 3.05) is 51.3 Å². The van der Waals surface area contributed by atoms with Gasteiger partial charge in [-0.2, -0.15) is 5.26 Å². The van der Waals surface area contributed by atoms with E-state index in [1.807, 2.05) is 12.1 Å². The van der Waals surface area contributed by atoms with Crippen LogP contribution in [0.4, 0.5) is 5.82 Å². The normalized spacial score (nSPS) is 16.6. The lowest BCUT2D eigenvalue weighted by Gasteiger charge is -2.34. The van der Waals surface area contributed by atoms with Gasteiger partial charge in [0, 0.05) is 39.8 Å². The Hall–Kier alpha value is -1.71. The van der Waals surface area contributed by atoms with Crippen LogP contribution < -0.4 is 4.90 Å². The molecule has 0 amide bonds. The van der Waals surface area contributed by atoms with Crippen molar-refractivity contribution in [1.29, 1.82) is 5.26 Å². The van der Waals surface area contributed by atoms with Crippen molar-refractivity contribution in [3.8, 4) is 6.07 Å². The number of anilines is 1. The molecule has 0 spiro atoms. The van der Waals surface area contributed by atoms with Gasteiger partial charge in [-0.15, -0.1) is 10.2 Å². The van der Waals surface area contributed by atoms with Gasteiger partial charge in [0.05, 0.1) is 6.61 Å². The molecule has 1 saturated heterocycles. The second kappa shape index (κ2) is 6.28. The van der Waals surface area contributed by atoms with E-state index in [1.165, 1.54) is 0 Å². The lowest BCUT2D eigenvalue weighted by molar-refractivity contribution is 0.144. The molecule has 18 heavy (non-hydrogen) atoms. The Labute approximate surface area is 107 Å². The van der Waals surface area contributed by atoms with Crippen molar-refractivity contribution >= 4 is 5.82 Å². The number of nitrogens with zero attached hydrogens (tertiary/aromatic N) is 5. The zero-order valence-corrected chi connectivity index (χ0v) is 10.5.